The van der Waals surface area contributed by atoms with Crippen molar-refractivity contribution >= 4 is 17.3 Å². The lowest BCUT2D eigenvalue weighted by molar-refractivity contribution is -0.149. The predicted octanol–water partition coefficient (Wildman–Crippen LogP) is 4.21. The molecule has 0 bridgehead atoms. The van der Waals surface area contributed by atoms with Crippen molar-refractivity contribution in [2.24, 2.45) is 5.92 Å². The van der Waals surface area contributed by atoms with Crippen molar-refractivity contribution in [1.29, 1.82) is 0 Å². The van der Waals surface area contributed by atoms with Crippen molar-refractivity contribution < 1.29 is 9.53 Å². The van der Waals surface area contributed by atoms with Crippen molar-refractivity contribution in [3.05, 3.63) is 40.9 Å². The van der Waals surface area contributed by atoms with Crippen LogP contribution >= 0.6 is 11.3 Å². The monoisotopic (exact) mass is 289 g/mol. The fourth-order valence-electron chi connectivity index (χ4n) is 1.71. The van der Waals surface area contributed by atoms with E-state index in [1.807, 2.05) is 51.1 Å². The molecule has 0 spiro atoms. The third-order valence-electron chi connectivity index (χ3n) is 3.27. The third kappa shape index (κ3) is 3.45. The molecule has 2 rings (SSSR count). The number of benzene rings is 1. The maximum atomic E-state index is 11.7. The molecular weight excluding hydrogens is 270 g/mol. The van der Waals surface area contributed by atoms with Crippen LogP contribution in [0.2, 0.25) is 0 Å². The second-order valence-corrected chi connectivity index (χ2v) is 5.89. The van der Waals surface area contributed by atoms with Crippen LogP contribution in [0.5, 0.6) is 0 Å². The fourth-order valence-corrected chi connectivity index (χ4v) is 2.69. The summed E-state index contributed by atoms with van der Waals surface area (Å²) in [7, 11) is 0. The summed E-state index contributed by atoms with van der Waals surface area (Å²) in [5, 5.41) is 0.970. The molecule has 0 aliphatic rings. The Balaban J connectivity index is 2.07. The molecule has 0 N–H and O–H groups in total. The van der Waals surface area contributed by atoms with E-state index in [9.17, 15) is 4.79 Å². The molecule has 2 aromatic rings. The second-order valence-electron chi connectivity index (χ2n) is 4.81. The van der Waals surface area contributed by atoms with Crippen LogP contribution in [0, 0.1) is 12.8 Å². The highest BCUT2D eigenvalue weighted by atomic mass is 32.1. The first-order valence-corrected chi connectivity index (χ1v) is 7.61. The molecule has 4 heteroatoms. The normalized spacial score (nSPS) is 12.2. The molecule has 1 atom stereocenters. The smallest absolute Gasteiger partial charge is 0.308 e. The van der Waals surface area contributed by atoms with E-state index in [0.29, 0.717) is 6.61 Å². The average molecular weight is 289 g/mol. The van der Waals surface area contributed by atoms with Gasteiger partial charge in [-0.1, -0.05) is 44.2 Å². The van der Waals surface area contributed by atoms with Gasteiger partial charge in [0.15, 0.2) is 0 Å². The van der Waals surface area contributed by atoms with Gasteiger partial charge in [0.25, 0.3) is 0 Å². The Morgan fingerprint density at radius 1 is 1.35 bits per heavy atom. The highest BCUT2D eigenvalue weighted by Gasteiger charge is 2.15. The molecule has 0 radical (unpaired) electrons. The number of hydrogen-bond donors (Lipinski definition) is 0. The largest absolute Gasteiger partial charge is 0.460 e. The third-order valence-corrected chi connectivity index (χ3v) is 4.45. The molecule has 0 fully saturated rings. The number of nitrogens with zero attached hydrogens (tertiary/aromatic N) is 1. The number of carbonyl (C=O) groups is 1. The lowest BCUT2D eigenvalue weighted by Gasteiger charge is -2.08. The first-order chi connectivity index (χ1) is 9.61. The number of esters is 1. The number of rotatable bonds is 5. The number of hydrogen-bond acceptors (Lipinski definition) is 4. The van der Waals surface area contributed by atoms with Gasteiger partial charge in [0.1, 0.15) is 11.6 Å². The molecule has 1 heterocycles. The molecule has 3 nitrogen and oxygen atoms in total. The van der Waals surface area contributed by atoms with E-state index >= 15 is 0 Å². The Labute approximate surface area is 123 Å². The molecule has 0 aliphatic carbocycles. The van der Waals surface area contributed by atoms with Crippen LogP contribution in [0.15, 0.2) is 30.3 Å². The molecule has 1 aromatic heterocycles. The van der Waals surface area contributed by atoms with Crippen LogP contribution in [0.4, 0.5) is 0 Å². The summed E-state index contributed by atoms with van der Waals surface area (Å²) in [5.74, 6) is -0.182. The summed E-state index contributed by atoms with van der Waals surface area (Å²) < 4.78 is 5.34. The van der Waals surface area contributed by atoms with E-state index in [4.69, 9.17) is 4.74 Å². The van der Waals surface area contributed by atoms with E-state index in [1.165, 1.54) is 0 Å². The van der Waals surface area contributed by atoms with Crippen molar-refractivity contribution in [1.82, 2.24) is 4.98 Å². The zero-order valence-corrected chi connectivity index (χ0v) is 12.9. The van der Waals surface area contributed by atoms with Gasteiger partial charge in [0, 0.05) is 5.56 Å². The lowest BCUT2D eigenvalue weighted by Crippen LogP contribution is -2.13. The Hall–Kier alpha value is -1.68. The highest BCUT2D eigenvalue weighted by molar-refractivity contribution is 7.15. The Kier molecular flexibility index (Phi) is 4.90. The van der Waals surface area contributed by atoms with Gasteiger partial charge in [-0.2, -0.15) is 0 Å². The van der Waals surface area contributed by atoms with Crippen LogP contribution in [0.3, 0.4) is 0 Å². The summed E-state index contributed by atoms with van der Waals surface area (Å²) in [5.41, 5.74) is 2.03. The van der Waals surface area contributed by atoms with Crippen LogP contribution in [-0.4, -0.2) is 11.0 Å². The molecule has 0 aliphatic heterocycles. The molecule has 0 saturated carbocycles. The van der Waals surface area contributed by atoms with Gasteiger partial charge in [-0.05, 0) is 13.3 Å². The number of ether oxygens (including phenoxy) is 1. The van der Waals surface area contributed by atoms with Gasteiger partial charge in [-0.3, -0.25) is 4.79 Å². The summed E-state index contributed by atoms with van der Waals surface area (Å²) in [6.07, 6.45) is 0.801. The lowest BCUT2D eigenvalue weighted by atomic mass is 10.1. The SMILES string of the molecule is CCC(C)C(=O)OCc1sc(-c2ccccc2)nc1C. The molecule has 0 amide bonds. The average Bonchev–Trinajstić information content (AvgIpc) is 2.86. The second kappa shape index (κ2) is 6.66. The maximum absolute atomic E-state index is 11.7. The number of carbonyl (C=O) groups excluding carboxylic acids is 1. The summed E-state index contributed by atoms with van der Waals surface area (Å²) >= 11 is 1.59. The molecule has 1 unspecified atom stereocenters. The van der Waals surface area contributed by atoms with Crippen LogP contribution < -0.4 is 0 Å². The molecule has 0 saturated heterocycles. The first-order valence-electron chi connectivity index (χ1n) is 6.80. The molecular formula is C16H19NO2S. The van der Waals surface area contributed by atoms with Crippen molar-refractivity contribution in [3.63, 3.8) is 0 Å². The van der Waals surface area contributed by atoms with Gasteiger partial charge in [0.05, 0.1) is 16.5 Å². The van der Waals surface area contributed by atoms with E-state index < -0.39 is 0 Å². The standard InChI is InChI=1S/C16H19NO2S/c1-4-11(2)16(18)19-10-14-12(3)17-15(20-14)13-8-6-5-7-9-13/h5-9,11H,4,10H2,1-3H3. The summed E-state index contributed by atoms with van der Waals surface area (Å²) in [4.78, 5) is 17.3. The Bertz CT molecular complexity index is 577. The van der Waals surface area contributed by atoms with Crippen molar-refractivity contribution in [2.75, 3.05) is 0 Å². The first kappa shape index (κ1) is 14.7. The zero-order valence-electron chi connectivity index (χ0n) is 12.1. The van der Waals surface area contributed by atoms with Crippen molar-refractivity contribution in [3.8, 4) is 10.6 Å². The molecule has 1 aromatic carbocycles. The van der Waals surface area contributed by atoms with Gasteiger partial charge in [-0.25, -0.2) is 4.98 Å². The Morgan fingerprint density at radius 3 is 2.70 bits per heavy atom. The quantitative estimate of drug-likeness (QED) is 0.774. The topological polar surface area (TPSA) is 39.2 Å². The summed E-state index contributed by atoms with van der Waals surface area (Å²) in [6, 6.07) is 10.0. The zero-order chi connectivity index (χ0) is 14.5. The molecule has 106 valence electrons. The van der Waals surface area contributed by atoms with Gasteiger partial charge >= 0.3 is 5.97 Å². The van der Waals surface area contributed by atoms with Crippen LogP contribution in [-0.2, 0) is 16.1 Å². The van der Waals surface area contributed by atoms with Crippen LogP contribution in [0.1, 0.15) is 30.8 Å². The van der Waals surface area contributed by atoms with E-state index in [2.05, 4.69) is 4.98 Å². The minimum atomic E-state index is -0.137. The van der Waals surface area contributed by atoms with E-state index in [1.54, 1.807) is 11.3 Å². The minimum Gasteiger partial charge on any atom is -0.460 e. The van der Waals surface area contributed by atoms with Gasteiger partial charge in [-0.15, -0.1) is 11.3 Å². The fraction of sp³-hybridized carbons (Fsp3) is 0.375. The summed E-state index contributed by atoms with van der Waals surface area (Å²) in [6.45, 7) is 6.14. The van der Waals surface area contributed by atoms with Crippen LogP contribution in [0.25, 0.3) is 10.6 Å². The highest BCUT2D eigenvalue weighted by Crippen LogP contribution is 2.28. The van der Waals surface area contributed by atoms with E-state index in [0.717, 1.165) is 27.6 Å². The predicted molar refractivity (Wildman–Crippen MR) is 81.5 cm³/mol. The maximum Gasteiger partial charge on any atom is 0.308 e. The van der Waals surface area contributed by atoms with Gasteiger partial charge in [0.2, 0.25) is 0 Å². The Morgan fingerprint density at radius 2 is 2.05 bits per heavy atom. The number of aryl methyl sites for hydroxylation is 1. The van der Waals surface area contributed by atoms with E-state index in [-0.39, 0.29) is 11.9 Å². The number of aromatic nitrogens is 1. The minimum absolute atomic E-state index is 0.0446. The molecule has 20 heavy (non-hydrogen) atoms. The number of thiazole rings is 1. The van der Waals surface area contributed by atoms with Gasteiger partial charge < -0.3 is 4.74 Å². The van der Waals surface area contributed by atoms with Crippen molar-refractivity contribution in [2.45, 2.75) is 33.8 Å².